The summed E-state index contributed by atoms with van der Waals surface area (Å²) >= 11 is 3.44. The van der Waals surface area contributed by atoms with Gasteiger partial charge in [-0.2, -0.15) is 0 Å². The summed E-state index contributed by atoms with van der Waals surface area (Å²) in [4.78, 5) is 49.0. The van der Waals surface area contributed by atoms with Crippen LogP contribution in [0.4, 0.5) is 0 Å². The molecular formula is C45H28N6O2S2. The summed E-state index contributed by atoms with van der Waals surface area (Å²) in [5.74, 6) is -0.592. The van der Waals surface area contributed by atoms with Crippen LogP contribution in [0.2, 0.25) is 0 Å². The maximum absolute atomic E-state index is 13.8. The fourth-order valence-electron chi connectivity index (χ4n) is 8.93. The molecule has 0 unspecified atom stereocenters. The van der Waals surface area contributed by atoms with E-state index in [1.54, 1.807) is 71.2 Å². The smallest absolute Gasteiger partial charge is 0.271 e. The van der Waals surface area contributed by atoms with Gasteiger partial charge in [-0.05, 0) is 45.5 Å². The number of carbonyl (C=O) groups is 2. The lowest BCUT2D eigenvalue weighted by molar-refractivity contribution is 0.106. The molecule has 0 radical (unpaired) electrons. The zero-order valence-corrected chi connectivity index (χ0v) is 32.2. The van der Waals surface area contributed by atoms with Crippen LogP contribution in [0.1, 0.15) is 105 Å². The quantitative estimate of drug-likeness (QED) is 0.150. The van der Waals surface area contributed by atoms with E-state index in [-0.39, 0.29) is 45.5 Å². The number of hydrogen-bond donors (Lipinski definition) is 0. The summed E-state index contributed by atoms with van der Waals surface area (Å²) < 4.78 is 0. The first kappa shape index (κ1) is 34.2. The first-order valence-corrected chi connectivity index (χ1v) is 19.2. The lowest BCUT2D eigenvalue weighted by Gasteiger charge is -2.32. The minimum atomic E-state index is -0.598. The molecule has 0 amide bonds. The van der Waals surface area contributed by atoms with Gasteiger partial charge in [0, 0.05) is 58.0 Å². The number of rotatable bonds is 2. The number of nitrogens with zero attached hydrogens (tertiary/aromatic N) is 6. The number of thiophene rings is 2. The fraction of sp³-hybridized carbons (Fsp3) is 0.200. The number of ketones is 2. The van der Waals surface area contributed by atoms with Crippen LogP contribution in [-0.4, -0.2) is 23.0 Å². The van der Waals surface area contributed by atoms with Gasteiger partial charge in [-0.1, -0.05) is 90.1 Å². The van der Waals surface area contributed by atoms with Crippen LogP contribution in [-0.2, 0) is 16.2 Å². The van der Waals surface area contributed by atoms with Gasteiger partial charge in [-0.3, -0.25) is 9.59 Å². The molecule has 55 heavy (non-hydrogen) atoms. The standard InChI is InChI=1S/C45H28N6O2S2/c1-43(2)29(50-37-31(25(19-46)48-7)21-13-9-11-15-23(21)39(37)52)17-27-33(43)35-41(54-27)42-36(45(35,5)6)34-28(55-42)18-30(44(34,3)4)51-38-32(26(20-47)49-8)22-14-10-12-16-24(22)40(38)53/h9-18H,1-6H3/b31-25+,32-26?,50-37?,51-38?. The molecule has 0 fully saturated rings. The van der Waals surface area contributed by atoms with Crippen molar-refractivity contribution in [2.24, 2.45) is 9.98 Å². The van der Waals surface area contributed by atoms with Gasteiger partial charge < -0.3 is 0 Å². The molecule has 0 N–H and O–H groups in total. The second kappa shape index (κ2) is 11.2. The summed E-state index contributed by atoms with van der Waals surface area (Å²) in [5, 5.41) is 19.7. The maximum atomic E-state index is 13.8. The maximum Gasteiger partial charge on any atom is 0.271 e. The predicted octanol–water partition coefficient (Wildman–Crippen LogP) is 10.4. The molecule has 0 bridgehead atoms. The molecule has 2 heterocycles. The average Bonchev–Trinajstić information content (AvgIpc) is 3.99. The van der Waals surface area contributed by atoms with Crippen molar-refractivity contribution < 1.29 is 9.59 Å². The molecular weight excluding hydrogens is 721 g/mol. The molecule has 8 nitrogen and oxygen atoms in total. The monoisotopic (exact) mass is 748 g/mol. The minimum Gasteiger partial charge on any atom is -0.287 e. The van der Waals surface area contributed by atoms with E-state index in [0.717, 1.165) is 20.9 Å². The summed E-state index contributed by atoms with van der Waals surface area (Å²) in [7, 11) is 0. The Morgan fingerprint density at radius 2 is 0.964 bits per heavy atom. The Bertz CT molecular complexity index is 2740. The van der Waals surface area contributed by atoms with Crippen LogP contribution < -0.4 is 0 Å². The molecule has 5 aliphatic carbocycles. The van der Waals surface area contributed by atoms with Gasteiger partial charge in [0.15, 0.2) is 0 Å². The molecule has 0 saturated heterocycles. The zero-order valence-electron chi connectivity index (χ0n) is 30.6. The van der Waals surface area contributed by atoms with Crippen molar-refractivity contribution in [3.05, 3.63) is 148 Å². The van der Waals surface area contributed by atoms with Crippen molar-refractivity contribution in [2.45, 2.75) is 57.8 Å². The Hall–Kier alpha value is -6.56. The number of benzene rings is 2. The first-order chi connectivity index (χ1) is 26.2. The van der Waals surface area contributed by atoms with Crippen molar-refractivity contribution >= 4 is 69.0 Å². The van der Waals surface area contributed by atoms with Gasteiger partial charge >= 0.3 is 0 Å². The highest BCUT2D eigenvalue weighted by Gasteiger charge is 2.53. The molecule has 0 aliphatic heterocycles. The van der Waals surface area contributed by atoms with Crippen LogP contribution in [0, 0.1) is 35.8 Å². The van der Waals surface area contributed by atoms with Crippen LogP contribution in [0.25, 0.3) is 42.7 Å². The van der Waals surface area contributed by atoms with Gasteiger partial charge in [0.2, 0.25) is 11.6 Å². The van der Waals surface area contributed by atoms with E-state index in [1.807, 2.05) is 12.1 Å². The highest BCUT2D eigenvalue weighted by molar-refractivity contribution is 7.23. The van der Waals surface area contributed by atoms with Crippen molar-refractivity contribution in [3.63, 3.8) is 0 Å². The van der Waals surface area contributed by atoms with Crippen molar-refractivity contribution in [1.29, 1.82) is 10.5 Å². The van der Waals surface area contributed by atoms with E-state index in [9.17, 15) is 20.1 Å². The van der Waals surface area contributed by atoms with Crippen LogP contribution in [0.5, 0.6) is 0 Å². The van der Waals surface area contributed by atoms with Crippen LogP contribution >= 0.6 is 22.7 Å². The van der Waals surface area contributed by atoms with E-state index in [2.05, 4.69) is 63.4 Å². The molecule has 10 heteroatoms. The molecule has 0 saturated carbocycles. The van der Waals surface area contributed by atoms with E-state index in [1.165, 1.54) is 20.9 Å². The minimum absolute atomic E-state index is 0.123. The summed E-state index contributed by atoms with van der Waals surface area (Å²) in [6, 6.07) is 18.0. The normalized spacial score (nSPS) is 21.7. The first-order valence-electron chi connectivity index (χ1n) is 17.5. The van der Waals surface area contributed by atoms with Crippen LogP contribution in [0.3, 0.4) is 0 Å². The number of Topliss-reactive ketones (excluding diaryl/α,β-unsaturated/α-hetero) is 2. The largest absolute Gasteiger partial charge is 0.287 e. The van der Waals surface area contributed by atoms with Crippen molar-refractivity contribution in [3.8, 4) is 21.9 Å². The van der Waals surface area contributed by atoms with Gasteiger partial charge in [-0.25, -0.2) is 30.2 Å². The van der Waals surface area contributed by atoms with Crippen LogP contribution in [0.15, 0.2) is 81.3 Å². The predicted molar refractivity (Wildman–Crippen MR) is 216 cm³/mol. The summed E-state index contributed by atoms with van der Waals surface area (Å²) in [6.07, 6.45) is 4.11. The molecule has 262 valence electrons. The molecule has 9 rings (SSSR count). The van der Waals surface area contributed by atoms with E-state index in [4.69, 9.17) is 23.1 Å². The Balaban J connectivity index is 1.15. The summed E-state index contributed by atoms with van der Waals surface area (Å²) in [5.41, 5.74) is 7.02. The SMILES string of the molecule is [C-]#[N+]C(C#N)=C1C(=NC2=Cc3sc4c(c3C2(C)C)C(C)(C)c2c-4sc3c2C(C)(C)C(N=C2C(=O)c4ccccc4/C2=C(/C#N)[N+]#[C-])=C3)C(=O)c2ccccc21. The van der Waals surface area contributed by atoms with Crippen molar-refractivity contribution in [2.75, 3.05) is 0 Å². The van der Waals surface area contributed by atoms with Gasteiger partial charge in [-0.15, -0.1) is 22.7 Å². The number of aliphatic imine (C=N–C) groups is 2. The van der Waals surface area contributed by atoms with E-state index in [0.29, 0.717) is 33.6 Å². The summed E-state index contributed by atoms with van der Waals surface area (Å²) in [6.45, 7) is 28.3. The topological polar surface area (TPSA) is 115 Å². The molecule has 4 aromatic rings. The van der Waals surface area contributed by atoms with Gasteiger partial charge in [0.05, 0.1) is 36.7 Å². The number of carbonyl (C=O) groups excluding carboxylic acids is 2. The molecule has 5 aliphatic rings. The van der Waals surface area contributed by atoms with Gasteiger partial charge in [0.25, 0.3) is 11.4 Å². The molecule has 2 aromatic heterocycles. The zero-order chi connectivity index (χ0) is 38.9. The number of nitriles is 2. The van der Waals surface area contributed by atoms with E-state index >= 15 is 0 Å². The molecule has 0 spiro atoms. The fourth-order valence-corrected chi connectivity index (χ4v) is 12.2. The lowest BCUT2D eigenvalue weighted by Crippen LogP contribution is -2.27. The number of hydrogen-bond acceptors (Lipinski definition) is 8. The Morgan fingerprint density at radius 1 is 0.600 bits per heavy atom. The third-order valence-electron chi connectivity index (χ3n) is 11.6. The van der Waals surface area contributed by atoms with Crippen molar-refractivity contribution in [1.82, 2.24) is 0 Å². The highest BCUT2D eigenvalue weighted by atomic mass is 32.1. The number of fused-ring (bicyclic) bond motifs is 9. The third-order valence-corrected chi connectivity index (χ3v) is 14.0. The second-order valence-electron chi connectivity index (χ2n) is 15.6. The van der Waals surface area contributed by atoms with E-state index < -0.39 is 16.2 Å². The molecule has 0 atom stereocenters. The Morgan fingerprint density at radius 3 is 1.31 bits per heavy atom. The Kier molecular flexibility index (Phi) is 6.99. The van der Waals surface area contributed by atoms with Gasteiger partial charge in [0.1, 0.15) is 11.4 Å². The number of allylic oxidation sites excluding steroid dienone is 6. The highest BCUT2D eigenvalue weighted by Crippen LogP contribution is 2.66. The lowest BCUT2D eigenvalue weighted by atomic mass is 9.71. The second-order valence-corrected chi connectivity index (χ2v) is 17.7. The Labute approximate surface area is 325 Å². The average molecular weight is 749 g/mol. The molecule has 2 aromatic carbocycles. The third kappa shape index (κ3) is 4.27.